The van der Waals surface area contributed by atoms with Crippen molar-refractivity contribution in [1.82, 2.24) is 0 Å². The summed E-state index contributed by atoms with van der Waals surface area (Å²) >= 11 is 4.09. The first-order valence-electron chi connectivity index (χ1n) is 19.5. The fourth-order valence-electron chi connectivity index (χ4n) is 6.12. The third kappa shape index (κ3) is 29.1. The molecule has 0 unspecified atom stereocenters. The van der Waals surface area contributed by atoms with Crippen molar-refractivity contribution in [1.29, 1.82) is 0 Å². The van der Waals surface area contributed by atoms with E-state index < -0.39 is 0 Å². The van der Waals surface area contributed by atoms with Crippen LogP contribution in [0.15, 0.2) is 28.0 Å². The van der Waals surface area contributed by atoms with E-state index in [1.807, 2.05) is 23.5 Å². The van der Waals surface area contributed by atoms with Gasteiger partial charge in [-0.25, -0.2) is 0 Å². The number of unbranched alkanes of at least 4 members (excludes halogenated alkanes) is 28. The Labute approximate surface area is 280 Å². The van der Waals surface area contributed by atoms with Gasteiger partial charge in [0.15, 0.2) is 0 Å². The lowest BCUT2D eigenvalue weighted by Gasteiger charge is -2.08. The molecule has 0 N–H and O–H groups in total. The van der Waals surface area contributed by atoms with E-state index in [-0.39, 0.29) is 0 Å². The van der Waals surface area contributed by atoms with Crippen LogP contribution in [-0.4, -0.2) is 11.5 Å². The van der Waals surface area contributed by atoms with Crippen molar-refractivity contribution >= 4 is 23.5 Å². The first kappa shape index (κ1) is 40.9. The van der Waals surface area contributed by atoms with Crippen LogP contribution >= 0.6 is 23.5 Å². The van der Waals surface area contributed by atoms with E-state index in [0.717, 1.165) is 0 Å². The predicted octanol–water partition coefficient (Wildman–Crippen LogP) is 15.8. The molecule has 0 heterocycles. The molecule has 0 aliphatic carbocycles. The van der Waals surface area contributed by atoms with Gasteiger partial charge in [0.25, 0.3) is 0 Å². The van der Waals surface area contributed by atoms with E-state index in [1.165, 1.54) is 219 Å². The van der Waals surface area contributed by atoms with E-state index in [0.29, 0.717) is 0 Å². The second-order valence-electron chi connectivity index (χ2n) is 13.4. The van der Waals surface area contributed by atoms with Crippen LogP contribution in [0, 0.1) is 6.92 Å². The van der Waals surface area contributed by atoms with Gasteiger partial charge in [0.1, 0.15) is 0 Å². The van der Waals surface area contributed by atoms with Gasteiger partial charge in [-0.2, -0.15) is 0 Å². The van der Waals surface area contributed by atoms with Crippen LogP contribution in [0.5, 0.6) is 0 Å². The second kappa shape index (κ2) is 33.3. The van der Waals surface area contributed by atoms with Crippen LogP contribution in [0.4, 0.5) is 0 Å². The minimum atomic E-state index is 1.18. The molecule has 1 radical (unpaired) electrons. The van der Waals surface area contributed by atoms with Crippen LogP contribution in [-0.2, 0) is 0 Å². The number of hydrogen-bond donors (Lipinski definition) is 0. The maximum Gasteiger partial charge on any atom is 0.00858 e. The molecular formula is C41H75S2. The quantitative estimate of drug-likeness (QED) is 0.0548. The van der Waals surface area contributed by atoms with Crippen molar-refractivity contribution in [3.05, 3.63) is 30.7 Å². The second-order valence-corrected chi connectivity index (χ2v) is 15.7. The minimum absolute atomic E-state index is 1.18. The fourth-order valence-corrected chi connectivity index (χ4v) is 8.26. The molecule has 1 rings (SSSR count). The summed E-state index contributed by atoms with van der Waals surface area (Å²) in [6, 6.07) is 6.99. The molecule has 43 heavy (non-hydrogen) atoms. The number of hydrogen-bond acceptors (Lipinski definition) is 2. The zero-order valence-electron chi connectivity index (χ0n) is 29.4. The summed E-state index contributed by atoms with van der Waals surface area (Å²) in [5.74, 6) is 2.51. The average molecular weight is 632 g/mol. The van der Waals surface area contributed by atoms with Crippen LogP contribution < -0.4 is 0 Å². The van der Waals surface area contributed by atoms with E-state index in [4.69, 9.17) is 0 Å². The molecular weight excluding hydrogens is 557 g/mol. The zero-order valence-corrected chi connectivity index (χ0v) is 31.0. The Hall–Kier alpha value is -0.0800. The third-order valence-corrected chi connectivity index (χ3v) is 11.1. The van der Waals surface area contributed by atoms with Gasteiger partial charge in [-0.15, -0.1) is 23.5 Å². The monoisotopic (exact) mass is 632 g/mol. The smallest absolute Gasteiger partial charge is 0.00858 e. The summed E-state index contributed by atoms with van der Waals surface area (Å²) in [6.45, 7) is 8.87. The lowest BCUT2D eigenvalue weighted by molar-refractivity contribution is 0.535. The maximum absolute atomic E-state index is 4.26. The molecule has 0 bridgehead atoms. The highest BCUT2D eigenvalue weighted by Crippen LogP contribution is 2.29. The molecule has 0 aliphatic rings. The van der Waals surface area contributed by atoms with Crippen LogP contribution in [0.1, 0.15) is 212 Å². The Balaban J connectivity index is 1.91. The lowest BCUT2D eigenvalue weighted by atomic mass is 10.0. The number of rotatable bonds is 34. The number of benzene rings is 1. The molecule has 251 valence electrons. The highest BCUT2D eigenvalue weighted by molar-refractivity contribution is 8.00. The van der Waals surface area contributed by atoms with Crippen LogP contribution in [0.2, 0.25) is 0 Å². The Bertz CT molecular complexity index is 630. The third-order valence-electron chi connectivity index (χ3n) is 8.97. The summed E-state index contributed by atoms with van der Waals surface area (Å²) in [5, 5.41) is 0. The average Bonchev–Trinajstić information content (AvgIpc) is 3.00. The first-order chi connectivity index (χ1) is 21.3. The van der Waals surface area contributed by atoms with Gasteiger partial charge < -0.3 is 0 Å². The van der Waals surface area contributed by atoms with Crippen LogP contribution in [0.25, 0.3) is 0 Å². The minimum Gasteiger partial charge on any atom is -0.126 e. The molecule has 0 nitrogen and oxygen atoms in total. The molecule has 0 amide bonds. The fraction of sp³-hybridized carbons (Fsp3) is 0.829. The van der Waals surface area contributed by atoms with Gasteiger partial charge in [-0.05, 0) is 55.0 Å². The predicted molar refractivity (Wildman–Crippen MR) is 202 cm³/mol. The van der Waals surface area contributed by atoms with Crippen molar-refractivity contribution in [2.24, 2.45) is 0 Å². The van der Waals surface area contributed by atoms with Crippen molar-refractivity contribution in [2.45, 2.75) is 216 Å². The highest BCUT2D eigenvalue weighted by atomic mass is 32.2. The highest BCUT2D eigenvalue weighted by Gasteiger charge is 2.02. The lowest BCUT2D eigenvalue weighted by Crippen LogP contribution is -1.87. The van der Waals surface area contributed by atoms with Gasteiger partial charge in [0.05, 0.1) is 0 Å². The SMILES string of the molecule is [CH2]c1cc(SCCCCCCCCCCCCCCCCC)cc(SCCCCCCCCCCCCCCCCC)c1. The summed E-state index contributed by atoms with van der Waals surface area (Å²) < 4.78 is 0. The normalized spacial score (nSPS) is 11.5. The topological polar surface area (TPSA) is 0 Å². The molecule has 0 saturated heterocycles. The van der Waals surface area contributed by atoms with E-state index in [9.17, 15) is 0 Å². The summed E-state index contributed by atoms with van der Waals surface area (Å²) in [6.07, 6.45) is 43.2. The molecule has 0 fully saturated rings. The maximum atomic E-state index is 4.26. The Morgan fingerprint density at radius 2 is 0.581 bits per heavy atom. The largest absolute Gasteiger partial charge is 0.126 e. The molecule has 2 heteroatoms. The van der Waals surface area contributed by atoms with Gasteiger partial charge >= 0.3 is 0 Å². The van der Waals surface area contributed by atoms with Gasteiger partial charge in [0.2, 0.25) is 0 Å². The Morgan fingerprint density at radius 1 is 0.349 bits per heavy atom. The standard InChI is InChI=1S/C41H75S2/c1-4-6-8-10-12-14-16-18-20-22-24-26-28-30-32-34-42-40-36-39(3)37-41(38-40)43-35-33-31-29-27-25-23-21-19-17-15-13-11-9-7-5-2/h36-38H,3-35H2,1-2H3. The van der Waals surface area contributed by atoms with Crippen LogP contribution in [0.3, 0.4) is 0 Å². The Morgan fingerprint density at radius 3 is 0.837 bits per heavy atom. The molecule has 0 spiro atoms. The molecule has 0 aliphatic heterocycles. The molecule has 0 atom stereocenters. The van der Waals surface area contributed by atoms with E-state index in [1.54, 1.807) is 0 Å². The molecule has 1 aromatic rings. The van der Waals surface area contributed by atoms with Crippen molar-refractivity contribution < 1.29 is 0 Å². The van der Waals surface area contributed by atoms with Gasteiger partial charge in [-0.3, -0.25) is 0 Å². The van der Waals surface area contributed by atoms with Gasteiger partial charge in [0, 0.05) is 9.79 Å². The first-order valence-corrected chi connectivity index (χ1v) is 21.5. The molecule has 0 aromatic heterocycles. The summed E-state index contributed by atoms with van der Waals surface area (Å²) in [4.78, 5) is 2.86. The molecule has 0 saturated carbocycles. The van der Waals surface area contributed by atoms with Gasteiger partial charge in [-0.1, -0.05) is 194 Å². The summed E-state index contributed by atoms with van der Waals surface area (Å²) in [7, 11) is 0. The van der Waals surface area contributed by atoms with Crippen molar-refractivity contribution in [2.75, 3.05) is 11.5 Å². The van der Waals surface area contributed by atoms with E-state index >= 15 is 0 Å². The molecule has 1 aromatic carbocycles. The van der Waals surface area contributed by atoms with Crippen molar-refractivity contribution in [3.8, 4) is 0 Å². The zero-order chi connectivity index (χ0) is 30.9. The number of thioether (sulfide) groups is 2. The summed E-state index contributed by atoms with van der Waals surface area (Å²) in [5.41, 5.74) is 1.18. The van der Waals surface area contributed by atoms with E-state index in [2.05, 4.69) is 39.0 Å². The van der Waals surface area contributed by atoms with Crippen molar-refractivity contribution in [3.63, 3.8) is 0 Å². The Kier molecular flexibility index (Phi) is 31.7.